The summed E-state index contributed by atoms with van der Waals surface area (Å²) in [4.78, 5) is 11.2. The number of nitrogens with zero attached hydrogens (tertiary/aromatic N) is 4. The van der Waals surface area contributed by atoms with Crippen molar-refractivity contribution >= 4 is 23.1 Å². The van der Waals surface area contributed by atoms with Crippen LogP contribution in [0.1, 0.15) is 37.1 Å². The highest BCUT2D eigenvalue weighted by molar-refractivity contribution is 5.84. The van der Waals surface area contributed by atoms with Gasteiger partial charge in [0.25, 0.3) is 0 Å². The van der Waals surface area contributed by atoms with Crippen LogP contribution in [-0.4, -0.2) is 56.4 Å². The Balaban J connectivity index is 1.69. The Morgan fingerprint density at radius 2 is 2.20 bits per heavy atom. The number of aryl methyl sites for hydroxylation is 1. The lowest BCUT2D eigenvalue weighted by Gasteiger charge is -2.33. The lowest BCUT2D eigenvalue weighted by atomic mass is 10.0. The minimum Gasteiger partial charge on any atom is -0.507 e. The zero-order chi connectivity index (χ0) is 21.3. The van der Waals surface area contributed by atoms with Gasteiger partial charge in [-0.3, -0.25) is 4.40 Å². The van der Waals surface area contributed by atoms with E-state index < -0.39 is 6.10 Å². The molecule has 0 amide bonds. The number of phenols is 1. The summed E-state index contributed by atoms with van der Waals surface area (Å²) in [6.07, 6.45) is 7.27. The van der Waals surface area contributed by atoms with Crippen LogP contribution in [0, 0.1) is 6.92 Å². The summed E-state index contributed by atoms with van der Waals surface area (Å²) < 4.78 is 1.86. The van der Waals surface area contributed by atoms with Crippen LogP contribution in [0.25, 0.3) is 17.4 Å². The minimum atomic E-state index is -0.691. The molecule has 3 N–H and O–H groups in total. The molecule has 1 aromatic carbocycles. The third-order valence-corrected chi connectivity index (χ3v) is 5.54. The van der Waals surface area contributed by atoms with Crippen molar-refractivity contribution in [3.05, 3.63) is 53.6 Å². The molecule has 1 aliphatic rings. The molecule has 2 unspecified atom stereocenters. The van der Waals surface area contributed by atoms with Crippen LogP contribution in [0.2, 0.25) is 0 Å². The summed E-state index contributed by atoms with van der Waals surface area (Å²) in [7, 11) is 0. The molecule has 0 aliphatic carbocycles. The number of imidazole rings is 1. The lowest BCUT2D eigenvalue weighted by Crippen LogP contribution is -2.49. The number of nitrogens with one attached hydrogen (secondary N) is 1. The monoisotopic (exact) mass is 407 g/mol. The number of phenolic OH excluding ortho intramolecular Hbond substituents is 1. The fourth-order valence-electron chi connectivity index (χ4n) is 3.87. The van der Waals surface area contributed by atoms with Crippen LogP contribution >= 0.6 is 0 Å². The number of hydrogen-bond donors (Lipinski definition) is 3. The van der Waals surface area contributed by atoms with Crippen LogP contribution in [-0.2, 0) is 0 Å². The SMILES string of the molecule is CCC(O)C(=Cc1ccc(N2CCNC(C)C2)cc1O)c1cn2cc(C)cnc2n1. The first kappa shape index (κ1) is 20.4. The topological polar surface area (TPSA) is 85.9 Å². The van der Waals surface area contributed by atoms with E-state index in [1.165, 1.54) is 0 Å². The Kier molecular flexibility index (Phi) is 5.74. The van der Waals surface area contributed by atoms with Crippen molar-refractivity contribution in [2.75, 3.05) is 24.5 Å². The number of aliphatic hydroxyl groups excluding tert-OH is 1. The van der Waals surface area contributed by atoms with Gasteiger partial charge in [-0.2, -0.15) is 0 Å². The fraction of sp³-hybridized carbons (Fsp3) is 0.391. The third-order valence-electron chi connectivity index (χ3n) is 5.54. The Labute approximate surface area is 176 Å². The predicted octanol–water partition coefficient (Wildman–Crippen LogP) is 2.85. The van der Waals surface area contributed by atoms with Gasteiger partial charge in [0.15, 0.2) is 0 Å². The average molecular weight is 408 g/mol. The molecule has 7 nitrogen and oxygen atoms in total. The van der Waals surface area contributed by atoms with Gasteiger partial charge in [-0.15, -0.1) is 0 Å². The number of aliphatic hydroxyl groups is 1. The highest BCUT2D eigenvalue weighted by atomic mass is 16.3. The van der Waals surface area contributed by atoms with E-state index in [1.54, 1.807) is 12.3 Å². The van der Waals surface area contributed by atoms with Gasteiger partial charge in [-0.1, -0.05) is 6.92 Å². The quantitative estimate of drug-likeness (QED) is 0.603. The van der Waals surface area contributed by atoms with Crippen LogP contribution in [0.5, 0.6) is 5.75 Å². The van der Waals surface area contributed by atoms with Gasteiger partial charge < -0.3 is 20.4 Å². The number of aromatic hydroxyl groups is 1. The summed E-state index contributed by atoms with van der Waals surface area (Å²) in [5.41, 5.74) is 4.01. The molecule has 1 aliphatic heterocycles. The molecule has 3 heterocycles. The number of anilines is 1. The number of rotatable bonds is 5. The van der Waals surface area contributed by atoms with Gasteiger partial charge in [0.1, 0.15) is 5.75 Å². The maximum absolute atomic E-state index is 10.7. The third kappa shape index (κ3) is 4.17. The van der Waals surface area contributed by atoms with Crippen LogP contribution < -0.4 is 10.2 Å². The van der Waals surface area contributed by atoms with Crippen molar-refractivity contribution in [1.29, 1.82) is 0 Å². The Bertz CT molecular complexity index is 1070. The minimum absolute atomic E-state index is 0.192. The summed E-state index contributed by atoms with van der Waals surface area (Å²) in [5, 5.41) is 24.8. The Hall–Kier alpha value is -2.90. The van der Waals surface area contributed by atoms with Crippen molar-refractivity contribution in [2.24, 2.45) is 0 Å². The summed E-state index contributed by atoms with van der Waals surface area (Å²) in [6, 6.07) is 6.14. The summed E-state index contributed by atoms with van der Waals surface area (Å²) >= 11 is 0. The van der Waals surface area contributed by atoms with Gasteiger partial charge in [0, 0.05) is 67.2 Å². The molecule has 0 saturated carbocycles. The van der Waals surface area contributed by atoms with E-state index in [0.29, 0.717) is 35.1 Å². The molecule has 158 valence electrons. The first-order chi connectivity index (χ1) is 14.4. The number of hydrogen-bond acceptors (Lipinski definition) is 6. The summed E-state index contributed by atoms with van der Waals surface area (Å²) in [6.45, 7) is 8.80. The van der Waals surface area contributed by atoms with Crippen LogP contribution in [0.3, 0.4) is 0 Å². The molecular formula is C23H29N5O2. The summed E-state index contributed by atoms with van der Waals surface area (Å²) in [5.74, 6) is 0.773. The molecule has 7 heteroatoms. The molecule has 0 spiro atoms. The largest absolute Gasteiger partial charge is 0.507 e. The molecule has 3 aromatic rings. The number of aromatic nitrogens is 3. The molecule has 1 fully saturated rings. The zero-order valence-electron chi connectivity index (χ0n) is 17.7. The molecule has 0 radical (unpaired) electrons. The van der Waals surface area contributed by atoms with Crippen LogP contribution in [0.4, 0.5) is 5.69 Å². The Morgan fingerprint density at radius 1 is 1.37 bits per heavy atom. The van der Waals surface area contributed by atoms with Crippen molar-refractivity contribution in [1.82, 2.24) is 19.7 Å². The van der Waals surface area contributed by atoms with E-state index in [2.05, 4.69) is 27.1 Å². The molecule has 2 aromatic heterocycles. The second kappa shape index (κ2) is 8.45. The number of fused-ring (bicyclic) bond motifs is 1. The van der Waals surface area contributed by atoms with Crippen molar-refractivity contribution in [2.45, 2.75) is 39.3 Å². The van der Waals surface area contributed by atoms with E-state index in [9.17, 15) is 10.2 Å². The molecule has 30 heavy (non-hydrogen) atoms. The van der Waals surface area contributed by atoms with E-state index in [0.717, 1.165) is 30.9 Å². The van der Waals surface area contributed by atoms with Crippen molar-refractivity contribution in [3.63, 3.8) is 0 Å². The molecule has 1 saturated heterocycles. The first-order valence-electron chi connectivity index (χ1n) is 10.5. The van der Waals surface area contributed by atoms with Gasteiger partial charge in [-0.25, -0.2) is 9.97 Å². The van der Waals surface area contributed by atoms with Gasteiger partial charge in [0.2, 0.25) is 5.78 Å². The normalized spacial score (nSPS) is 18.7. The van der Waals surface area contributed by atoms with Gasteiger partial charge in [-0.05, 0) is 44.0 Å². The molecule has 2 atom stereocenters. The molecular weight excluding hydrogens is 378 g/mol. The zero-order valence-corrected chi connectivity index (χ0v) is 17.7. The average Bonchev–Trinajstić information content (AvgIpc) is 3.15. The molecule has 0 bridgehead atoms. The predicted molar refractivity (Wildman–Crippen MR) is 120 cm³/mol. The fourth-order valence-corrected chi connectivity index (χ4v) is 3.87. The first-order valence-corrected chi connectivity index (χ1v) is 10.5. The number of benzene rings is 1. The smallest absolute Gasteiger partial charge is 0.234 e. The molecule has 4 rings (SSSR count). The van der Waals surface area contributed by atoms with E-state index >= 15 is 0 Å². The maximum Gasteiger partial charge on any atom is 0.234 e. The second-order valence-electron chi connectivity index (χ2n) is 8.03. The Morgan fingerprint density at radius 3 is 2.93 bits per heavy atom. The lowest BCUT2D eigenvalue weighted by molar-refractivity contribution is 0.228. The van der Waals surface area contributed by atoms with Gasteiger partial charge in [0.05, 0.1) is 11.8 Å². The standard InChI is InChI=1S/C23H29N5O2/c1-4-21(29)19(20-14-28-12-15(2)11-25-23(28)26-20)9-17-5-6-18(10-22(17)30)27-8-7-24-16(3)13-27/h5-6,9-12,14,16,21,24,29-30H,4,7-8,13H2,1-3H3. The number of piperazine rings is 1. The maximum atomic E-state index is 10.7. The second-order valence-corrected chi connectivity index (χ2v) is 8.03. The van der Waals surface area contributed by atoms with E-state index in [-0.39, 0.29) is 5.75 Å². The van der Waals surface area contributed by atoms with E-state index in [1.807, 2.05) is 48.9 Å². The highest BCUT2D eigenvalue weighted by Gasteiger charge is 2.19. The van der Waals surface area contributed by atoms with Crippen molar-refractivity contribution in [3.8, 4) is 5.75 Å². The van der Waals surface area contributed by atoms with Gasteiger partial charge >= 0.3 is 0 Å². The van der Waals surface area contributed by atoms with Crippen LogP contribution in [0.15, 0.2) is 36.8 Å². The highest BCUT2D eigenvalue weighted by Crippen LogP contribution is 2.30. The van der Waals surface area contributed by atoms with E-state index in [4.69, 9.17) is 0 Å². The van der Waals surface area contributed by atoms with Crippen molar-refractivity contribution < 1.29 is 10.2 Å².